The number of carbonyl (C=O) groups excluding carboxylic acids is 1. The molecule has 15 nitrogen and oxygen atoms in total. The van der Waals surface area contributed by atoms with Crippen LogP contribution in [0.2, 0.25) is 23.2 Å². The molecular weight excluding hydrogens is 798 g/mol. The molecule has 1 unspecified atom stereocenters. The number of aromatic nitrogens is 4. The standard InChI is InChI=1S/C40H50N5O10PSi2/c1-38(2,3)57(7,8)54-33-36(45-26-41-32-34(45)43-37(44-35(32)47)42-31(46)25-51-27-18-12-9-13-19-27)53-30(40(33,48)55-56(49)50)24-52-58(39(4,5)6,28-20-14-10-15-21-28)29-22-16-11-17-23-29/h9-23,26,30,33,36,48H,24-25H2,1-8H3,(H2-,42,43,44,46,47,49,50)/p+1/t30-,33+,36-,40+/m1/s1. The molecule has 1 aliphatic heterocycles. The van der Waals surface area contributed by atoms with Gasteiger partial charge in [0, 0.05) is 4.57 Å². The van der Waals surface area contributed by atoms with Crippen molar-refractivity contribution in [3.63, 3.8) is 0 Å². The van der Waals surface area contributed by atoms with Crippen molar-refractivity contribution in [3.05, 3.63) is 108 Å². The van der Waals surface area contributed by atoms with Crippen molar-refractivity contribution in [2.24, 2.45) is 0 Å². The molecule has 18 heteroatoms. The number of aliphatic hydroxyl groups is 1. The molecule has 58 heavy (non-hydrogen) atoms. The number of para-hydroxylation sites is 1. The summed E-state index contributed by atoms with van der Waals surface area (Å²) in [7, 11) is -9.54. The Balaban J connectivity index is 1.43. The van der Waals surface area contributed by atoms with Crippen LogP contribution in [-0.2, 0) is 27.5 Å². The lowest BCUT2D eigenvalue weighted by Gasteiger charge is -2.44. The van der Waals surface area contributed by atoms with Gasteiger partial charge in [-0.25, -0.2) is 4.98 Å². The van der Waals surface area contributed by atoms with Crippen LogP contribution in [0, 0.1) is 0 Å². The number of imidazole rings is 1. The van der Waals surface area contributed by atoms with E-state index in [4.69, 9.17) is 22.8 Å². The van der Waals surface area contributed by atoms with Gasteiger partial charge >= 0.3 is 8.25 Å². The third kappa shape index (κ3) is 8.64. The number of hydrogen-bond acceptors (Lipinski definition) is 11. The Morgan fingerprint density at radius 3 is 2.05 bits per heavy atom. The molecule has 1 aliphatic rings. The van der Waals surface area contributed by atoms with Gasteiger partial charge in [-0.05, 0) is 45.7 Å². The highest BCUT2D eigenvalue weighted by Gasteiger charge is 2.66. The van der Waals surface area contributed by atoms with E-state index in [2.05, 4.69) is 41.0 Å². The summed E-state index contributed by atoms with van der Waals surface area (Å²) < 4.78 is 45.9. The van der Waals surface area contributed by atoms with E-state index >= 15 is 0 Å². The summed E-state index contributed by atoms with van der Waals surface area (Å²) in [5.41, 5.74) is -0.793. The first-order valence-corrected chi connectivity index (χ1v) is 24.8. The first-order chi connectivity index (χ1) is 27.3. The second-order valence-corrected chi connectivity index (χ2v) is 26.5. The first kappa shape index (κ1) is 43.2. The van der Waals surface area contributed by atoms with Gasteiger partial charge in [-0.3, -0.25) is 24.5 Å². The van der Waals surface area contributed by atoms with E-state index in [1.54, 1.807) is 24.3 Å². The first-order valence-electron chi connectivity index (χ1n) is 18.9. The van der Waals surface area contributed by atoms with Crippen LogP contribution >= 0.6 is 8.25 Å². The van der Waals surface area contributed by atoms with Crippen LogP contribution in [0.4, 0.5) is 5.95 Å². The molecule has 3 heterocycles. The minimum atomic E-state index is -3.43. The summed E-state index contributed by atoms with van der Waals surface area (Å²) >= 11 is 0. The fraction of sp³-hybridized carbons (Fsp3) is 0.400. The number of fused-ring (bicyclic) bond motifs is 1. The number of carbonyl (C=O) groups is 1. The number of nitrogens with zero attached hydrogens (tertiary/aromatic N) is 3. The number of anilines is 1. The minimum Gasteiger partial charge on any atom is -0.484 e. The van der Waals surface area contributed by atoms with Gasteiger partial charge in [0.25, 0.3) is 25.6 Å². The van der Waals surface area contributed by atoms with Gasteiger partial charge in [0.1, 0.15) is 11.9 Å². The van der Waals surface area contributed by atoms with Crippen molar-refractivity contribution < 1.29 is 42.2 Å². The van der Waals surface area contributed by atoms with Crippen LogP contribution in [0.5, 0.6) is 5.75 Å². The monoisotopic (exact) mass is 848 g/mol. The SMILES string of the molecule is CC(C)(C)[Si](C)(C)O[C@H]1[C@H](n2cnc3c(=O)[nH]c(NC(=O)COc4ccccc4)nc32)O[C@H](CO[Si](c2ccccc2)(c2ccccc2)C(C)(C)C)[C@]1(O)O[P+](=O)O. The molecule has 0 aliphatic carbocycles. The lowest BCUT2D eigenvalue weighted by atomic mass is 10.1. The fourth-order valence-corrected chi connectivity index (χ4v) is 13.2. The molecular formula is C40H51N5O10PSi2+. The Bertz CT molecular complexity index is 2240. The number of ether oxygens (including phenoxy) is 2. The van der Waals surface area contributed by atoms with Crippen LogP contribution < -0.4 is 26.0 Å². The van der Waals surface area contributed by atoms with Crippen molar-refractivity contribution in [2.75, 3.05) is 18.5 Å². The highest BCUT2D eigenvalue weighted by atomic mass is 31.1. The van der Waals surface area contributed by atoms with Crippen molar-refractivity contribution in [1.82, 2.24) is 19.5 Å². The normalized spacial score (nSPS) is 20.6. The molecule has 0 saturated carbocycles. The van der Waals surface area contributed by atoms with Crippen molar-refractivity contribution in [1.29, 1.82) is 0 Å². The molecule has 1 amide bonds. The van der Waals surface area contributed by atoms with Gasteiger partial charge in [0.05, 0.1) is 12.9 Å². The highest BCUT2D eigenvalue weighted by molar-refractivity contribution is 7.32. The maximum absolute atomic E-state index is 13.4. The molecule has 2 aromatic heterocycles. The topological polar surface area (TPSA) is 196 Å². The second-order valence-electron chi connectivity index (χ2n) is 16.8. The molecule has 1 saturated heterocycles. The molecule has 0 radical (unpaired) electrons. The largest absolute Gasteiger partial charge is 0.697 e. The Kier molecular flexibility index (Phi) is 12.4. The van der Waals surface area contributed by atoms with Gasteiger partial charge in [-0.1, -0.05) is 125 Å². The Morgan fingerprint density at radius 1 is 0.948 bits per heavy atom. The Morgan fingerprint density at radius 2 is 1.52 bits per heavy atom. The number of hydrogen-bond donors (Lipinski definition) is 4. The number of aromatic amines is 1. The van der Waals surface area contributed by atoms with Crippen LogP contribution in [0.1, 0.15) is 47.8 Å². The molecule has 5 atom stereocenters. The Hall–Kier alpha value is -4.43. The number of amides is 1. The summed E-state index contributed by atoms with van der Waals surface area (Å²) in [6, 6.07) is 28.5. The van der Waals surface area contributed by atoms with Gasteiger partial charge in [-0.2, -0.15) is 4.98 Å². The van der Waals surface area contributed by atoms with Gasteiger partial charge in [0.2, 0.25) is 5.95 Å². The van der Waals surface area contributed by atoms with E-state index in [1.807, 2.05) is 101 Å². The number of benzene rings is 3. The summed E-state index contributed by atoms with van der Waals surface area (Å²) in [6.45, 7) is 15.5. The predicted molar refractivity (Wildman–Crippen MR) is 224 cm³/mol. The van der Waals surface area contributed by atoms with Crippen LogP contribution in [-0.4, -0.2) is 83.3 Å². The average Bonchev–Trinajstić information content (AvgIpc) is 3.69. The molecule has 4 N–H and O–H groups in total. The summed E-state index contributed by atoms with van der Waals surface area (Å²) in [6.07, 6.45) is -2.92. The van der Waals surface area contributed by atoms with E-state index in [9.17, 15) is 24.2 Å². The van der Waals surface area contributed by atoms with Gasteiger partial charge in [-0.15, -0.1) is 4.89 Å². The molecule has 0 bridgehead atoms. The highest BCUT2D eigenvalue weighted by Crippen LogP contribution is 2.49. The number of H-pyrrole nitrogens is 1. The smallest absolute Gasteiger partial charge is 0.484 e. The molecule has 0 spiro atoms. The number of nitrogens with one attached hydrogen (secondary N) is 2. The zero-order valence-electron chi connectivity index (χ0n) is 33.8. The summed E-state index contributed by atoms with van der Waals surface area (Å²) in [5.74, 6) is -2.88. The van der Waals surface area contributed by atoms with E-state index in [0.29, 0.717) is 5.75 Å². The van der Waals surface area contributed by atoms with Crippen molar-refractivity contribution >= 4 is 58.3 Å². The van der Waals surface area contributed by atoms with E-state index in [1.165, 1.54) is 10.9 Å². The zero-order chi connectivity index (χ0) is 42.1. The average molecular weight is 849 g/mol. The maximum Gasteiger partial charge on any atom is 0.697 e. The number of rotatable bonds is 14. The van der Waals surface area contributed by atoms with Crippen molar-refractivity contribution in [3.8, 4) is 5.75 Å². The van der Waals surface area contributed by atoms with E-state index < -0.39 is 70.7 Å². The molecule has 1 fully saturated rings. The van der Waals surface area contributed by atoms with E-state index in [0.717, 1.165) is 10.4 Å². The van der Waals surface area contributed by atoms with Crippen molar-refractivity contribution in [2.45, 2.75) is 88.9 Å². The second kappa shape index (κ2) is 16.7. The lowest BCUT2D eigenvalue weighted by molar-refractivity contribution is -0.212. The maximum atomic E-state index is 13.4. The van der Waals surface area contributed by atoms with E-state index in [-0.39, 0.29) is 30.3 Å². The Labute approximate surface area is 339 Å². The lowest BCUT2D eigenvalue weighted by Crippen LogP contribution is -2.67. The molecule has 3 aromatic carbocycles. The third-order valence-corrected chi connectivity index (χ3v) is 20.7. The van der Waals surface area contributed by atoms with Gasteiger partial charge < -0.3 is 23.4 Å². The third-order valence-electron chi connectivity index (χ3n) is 10.8. The zero-order valence-corrected chi connectivity index (χ0v) is 36.7. The van der Waals surface area contributed by atoms with Gasteiger partial charge in [0.15, 0.2) is 38.4 Å². The minimum absolute atomic E-state index is 0.0267. The van der Waals surface area contributed by atoms with Crippen LogP contribution in [0.15, 0.2) is 102 Å². The summed E-state index contributed by atoms with van der Waals surface area (Å²) in [4.78, 5) is 47.9. The fourth-order valence-electron chi connectivity index (χ4n) is 6.93. The molecule has 6 rings (SSSR count). The van der Waals surface area contributed by atoms with Crippen LogP contribution in [0.3, 0.4) is 0 Å². The molecule has 5 aromatic rings. The van der Waals surface area contributed by atoms with Crippen LogP contribution in [0.25, 0.3) is 11.2 Å². The predicted octanol–water partition coefficient (Wildman–Crippen LogP) is 5.36. The quantitative estimate of drug-likeness (QED) is 0.0636. The molecule has 308 valence electrons. The summed E-state index contributed by atoms with van der Waals surface area (Å²) in [5, 5.41) is 16.3.